The molecule has 0 spiro atoms. The minimum atomic E-state index is 0.738. The van der Waals surface area contributed by atoms with E-state index in [1.807, 2.05) is 19.1 Å². The van der Waals surface area contributed by atoms with Gasteiger partial charge in [0.25, 0.3) is 0 Å². The van der Waals surface area contributed by atoms with E-state index in [1.165, 1.54) is 5.56 Å². The van der Waals surface area contributed by atoms with E-state index in [4.69, 9.17) is 17.3 Å². The van der Waals surface area contributed by atoms with Gasteiger partial charge in [0.15, 0.2) is 0 Å². The monoisotopic (exact) mass is 212 g/mol. The Labute approximate surface area is 90.4 Å². The second-order valence-electron chi connectivity index (χ2n) is 3.40. The van der Waals surface area contributed by atoms with E-state index in [-0.39, 0.29) is 0 Å². The van der Waals surface area contributed by atoms with Crippen LogP contribution in [0.15, 0.2) is 18.2 Å². The summed E-state index contributed by atoms with van der Waals surface area (Å²) in [5.41, 5.74) is 7.73. The number of hydrogen-bond donors (Lipinski definition) is 2. The van der Waals surface area contributed by atoms with Crippen LogP contribution in [0, 0.1) is 6.92 Å². The summed E-state index contributed by atoms with van der Waals surface area (Å²) < 4.78 is 0. The summed E-state index contributed by atoms with van der Waals surface area (Å²) in [5, 5.41) is 4.15. The normalized spacial score (nSPS) is 10.5. The van der Waals surface area contributed by atoms with Crippen molar-refractivity contribution >= 4 is 11.6 Å². The van der Waals surface area contributed by atoms with Gasteiger partial charge in [-0.05, 0) is 43.6 Å². The Bertz CT molecular complexity index is 287. The van der Waals surface area contributed by atoms with Gasteiger partial charge in [-0.1, -0.05) is 23.7 Å². The van der Waals surface area contributed by atoms with Gasteiger partial charge in [-0.2, -0.15) is 0 Å². The molecule has 0 heterocycles. The summed E-state index contributed by atoms with van der Waals surface area (Å²) in [7, 11) is 0. The summed E-state index contributed by atoms with van der Waals surface area (Å²) >= 11 is 6.01. The Morgan fingerprint density at radius 3 is 2.86 bits per heavy atom. The molecule has 14 heavy (non-hydrogen) atoms. The van der Waals surface area contributed by atoms with Crippen molar-refractivity contribution < 1.29 is 0 Å². The summed E-state index contributed by atoms with van der Waals surface area (Å²) in [6, 6.07) is 6.14. The van der Waals surface area contributed by atoms with Crippen LogP contribution in [0.2, 0.25) is 5.02 Å². The third kappa shape index (κ3) is 3.66. The highest BCUT2D eigenvalue weighted by atomic mass is 35.5. The van der Waals surface area contributed by atoms with Crippen LogP contribution in [0.5, 0.6) is 0 Å². The molecular formula is C11H17ClN2. The Hall–Kier alpha value is -0.570. The van der Waals surface area contributed by atoms with Crippen molar-refractivity contribution in [2.45, 2.75) is 19.9 Å². The van der Waals surface area contributed by atoms with E-state index < -0.39 is 0 Å². The molecule has 2 nitrogen and oxygen atoms in total. The van der Waals surface area contributed by atoms with E-state index >= 15 is 0 Å². The molecule has 78 valence electrons. The number of nitrogens with two attached hydrogens (primary N) is 1. The van der Waals surface area contributed by atoms with E-state index in [9.17, 15) is 0 Å². The molecule has 0 radical (unpaired) electrons. The van der Waals surface area contributed by atoms with E-state index in [0.717, 1.165) is 36.6 Å². The molecule has 1 aromatic rings. The minimum absolute atomic E-state index is 0.738. The van der Waals surface area contributed by atoms with Crippen molar-refractivity contribution in [2.24, 2.45) is 5.73 Å². The summed E-state index contributed by atoms with van der Waals surface area (Å²) in [5.74, 6) is 0. The second-order valence-corrected chi connectivity index (χ2v) is 3.81. The maximum absolute atomic E-state index is 6.01. The fourth-order valence-corrected chi connectivity index (χ4v) is 1.41. The van der Waals surface area contributed by atoms with Crippen LogP contribution in [-0.2, 0) is 6.54 Å². The highest BCUT2D eigenvalue weighted by Gasteiger charge is 1.97. The van der Waals surface area contributed by atoms with Crippen LogP contribution >= 0.6 is 11.6 Å². The molecule has 0 fully saturated rings. The standard InChI is InChI=1S/C11H17ClN2/c1-9-3-4-10(7-11(9)12)8-14-6-2-5-13/h3-4,7,14H,2,5-6,8,13H2,1H3. The fourth-order valence-electron chi connectivity index (χ4n) is 1.21. The molecule has 1 aromatic carbocycles. The molecular weight excluding hydrogens is 196 g/mol. The van der Waals surface area contributed by atoms with Crippen LogP contribution in [0.1, 0.15) is 17.5 Å². The van der Waals surface area contributed by atoms with Gasteiger partial charge < -0.3 is 11.1 Å². The topological polar surface area (TPSA) is 38.0 Å². The largest absolute Gasteiger partial charge is 0.330 e. The van der Waals surface area contributed by atoms with E-state index in [0.29, 0.717) is 0 Å². The van der Waals surface area contributed by atoms with Gasteiger partial charge >= 0.3 is 0 Å². The number of nitrogens with one attached hydrogen (secondary N) is 1. The molecule has 0 saturated heterocycles. The van der Waals surface area contributed by atoms with Crippen molar-refractivity contribution in [3.63, 3.8) is 0 Å². The van der Waals surface area contributed by atoms with Crippen LogP contribution in [0.25, 0.3) is 0 Å². The van der Waals surface area contributed by atoms with Gasteiger partial charge in [-0.3, -0.25) is 0 Å². The molecule has 0 saturated carbocycles. The fraction of sp³-hybridized carbons (Fsp3) is 0.455. The van der Waals surface area contributed by atoms with Crippen LogP contribution in [-0.4, -0.2) is 13.1 Å². The smallest absolute Gasteiger partial charge is 0.0438 e. The molecule has 0 aromatic heterocycles. The average Bonchev–Trinajstić information content (AvgIpc) is 2.18. The molecule has 0 amide bonds. The lowest BCUT2D eigenvalue weighted by atomic mass is 10.1. The van der Waals surface area contributed by atoms with Crippen LogP contribution in [0.4, 0.5) is 0 Å². The van der Waals surface area contributed by atoms with Gasteiger partial charge in [0, 0.05) is 11.6 Å². The Morgan fingerprint density at radius 1 is 1.43 bits per heavy atom. The summed E-state index contributed by atoms with van der Waals surface area (Å²) in [6.07, 6.45) is 1.01. The molecule has 0 aliphatic carbocycles. The molecule has 0 bridgehead atoms. The third-order valence-corrected chi connectivity index (χ3v) is 2.53. The van der Waals surface area contributed by atoms with Gasteiger partial charge in [0.05, 0.1) is 0 Å². The Kier molecular flexibility index (Phi) is 4.94. The SMILES string of the molecule is Cc1ccc(CNCCCN)cc1Cl. The molecule has 0 aliphatic rings. The number of hydrogen-bond acceptors (Lipinski definition) is 2. The van der Waals surface area contributed by atoms with Crippen molar-refractivity contribution in [3.8, 4) is 0 Å². The lowest BCUT2D eigenvalue weighted by Gasteiger charge is -2.05. The van der Waals surface area contributed by atoms with E-state index in [2.05, 4.69) is 11.4 Å². The quantitative estimate of drug-likeness (QED) is 0.734. The van der Waals surface area contributed by atoms with Gasteiger partial charge in [-0.15, -0.1) is 0 Å². The lowest BCUT2D eigenvalue weighted by Crippen LogP contribution is -2.17. The number of halogens is 1. The number of benzene rings is 1. The van der Waals surface area contributed by atoms with Gasteiger partial charge in [-0.25, -0.2) is 0 Å². The second kappa shape index (κ2) is 6.02. The molecule has 1 rings (SSSR count). The van der Waals surface area contributed by atoms with Crippen molar-refractivity contribution in [1.82, 2.24) is 5.32 Å². The zero-order valence-electron chi connectivity index (χ0n) is 8.52. The Morgan fingerprint density at radius 2 is 2.21 bits per heavy atom. The van der Waals surface area contributed by atoms with Crippen molar-refractivity contribution in [1.29, 1.82) is 0 Å². The first kappa shape index (κ1) is 11.5. The summed E-state index contributed by atoms with van der Waals surface area (Å²) in [6.45, 7) is 4.57. The zero-order chi connectivity index (χ0) is 10.4. The zero-order valence-corrected chi connectivity index (χ0v) is 9.27. The highest BCUT2D eigenvalue weighted by molar-refractivity contribution is 6.31. The van der Waals surface area contributed by atoms with E-state index in [1.54, 1.807) is 0 Å². The first-order chi connectivity index (χ1) is 6.74. The van der Waals surface area contributed by atoms with Crippen molar-refractivity contribution in [2.75, 3.05) is 13.1 Å². The number of rotatable bonds is 5. The maximum atomic E-state index is 6.01. The predicted molar refractivity (Wildman–Crippen MR) is 61.6 cm³/mol. The summed E-state index contributed by atoms with van der Waals surface area (Å²) in [4.78, 5) is 0. The molecule has 0 unspecified atom stereocenters. The van der Waals surface area contributed by atoms with Crippen molar-refractivity contribution in [3.05, 3.63) is 34.3 Å². The minimum Gasteiger partial charge on any atom is -0.330 e. The van der Waals surface area contributed by atoms with Crippen LogP contribution in [0.3, 0.4) is 0 Å². The predicted octanol–water partition coefficient (Wildman–Crippen LogP) is 2.09. The highest BCUT2D eigenvalue weighted by Crippen LogP contribution is 2.16. The van der Waals surface area contributed by atoms with Gasteiger partial charge in [0.1, 0.15) is 0 Å². The average molecular weight is 213 g/mol. The number of aryl methyl sites for hydroxylation is 1. The molecule has 3 N–H and O–H groups in total. The lowest BCUT2D eigenvalue weighted by molar-refractivity contribution is 0.655. The molecule has 0 atom stereocenters. The molecule has 0 aliphatic heterocycles. The Balaban J connectivity index is 2.39. The third-order valence-electron chi connectivity index (χ3n) is 2.12. The first-order valence-corrected chi connectivity index (χ1v) is 5.27. The first-order valence-electron chi connectivity index (χ1n) is 4.90. The van der Waals surface area contributed by atoms with Gasteiger partial charge in [0.2, 0.25) is 0 Å². The van der Waals surface area contributed by atoms with Crippen LogP contribution < -0.4 is 11.1 Å². The maximum Gasteiger partial charge on any atom is 0.0438 e. The molecule has 3 heteroatoms.